The Morgan fingerprint density at radius 2 is 1.86 bits per heavy atom. The van der Waals surface area contributed by atoms with E-state index < -0.39 is 9.84 Å². The predicted molar refractivity (Wildman–Crippen MR) is 116 cm³/mol. The topological polar surface area (TPSA) is 89.0 Å². The number of sulfone groups is 1. The van der Waals surface area contributed by atoms with Crippen LogP contribution in [0.5, 0.6) is 5.75 Å². The van der Waals surface area contributed by atoms with Gasteiger partial charge in [-0.2, -0.15) is 0 Å². The van der Waals surface area contributed by atoms with Crippen molar-refractivity contribution in [3.63, 3.8) is 0 Å². The van der Waals surface area contributed by atoms with Gasteiger partial charge in [-0.1, -0.05) is 18.2 Å². The molecular formula is C21H29N3O4S. The first-order valence-electron chi connectivity index (χ1n) is 9.48. The Kier molecular flexibility index (Phi) is 8.95. The zero-order valence-corrected chi connectivity index (χ0v) is 18.0. The van der Waals surface area contributed by atoms with E-state index in [0.29, 0.717) is 37.2 Å². The molecule has 29 heavy (non-hydrogen) atoms. The highest BCUT2D eigenvalue weighted by Gasteiger charge is 2.06. The number of benzene rings is 2. The molecule has 0 aliphatic heterocycles. The van der Waals surface area contributed by atoms with E-state index in [1.807, 2.05) is 31.2 Å². The molecule has 0 aliphatic rings. The Bertz CT molecular complexity index is 896. The van der Waals surface area contributed by atoms with Crippen LogP contribution in [0.3, 0.4) is 0 Å². The molecule has 0 amide bonds. The number of anilines is 1. The van der Waals surface area contributed by atoms with Gasteiger partial charge in [-0.05, 0) is 36.8 Å². The van der Waals surface area contributed by atoms with Gasteiger partial charge >= 0.3 is 0 Å². The standard InChI is InChI=1S/C21H29N3O4S/c1-4-22-21(23-16-17-9-11-20(12-10-17)29(3,25)26)24-18-7-5-8-19(15-18)28-14-6-13-27-2/h5,7-12,15H,4,6,13-14,16H2,1-3H3,(H2,22,23,24). The van der Waals surface area contributed by atoms with Crippen molar-refractivity contribution in [2.24, 2.45) is 4.99 Å². The summed E-state index contributed by atoms with van der Waals surface area (Å²) >= 11 is 0. The van der Waals surface area contributed by atoms with E-state index in [-0.39, 0.29) is 0 Å². The number of nitrogens with one attached hydrogen (secondary N) is 2. The van der Waals surface area contributed by atoms with Crippen LogP contribution in [-0.4, -0.2) is 47.5 Å². The van der Waals surface area contributed by atoms with E-state index in [2.05, 4.69) is 15.6 Å². The third-order valence-electron chi connectivity index (χ3n) is 3.97. The Balaban J connectivity index is 2.02. The summed E-state index contributed by atoms with van der Waals surface area (Å²) in [5.41, 5.74) is 1.78. The summed E-state index contributed by atoms with van der Waals surface area (Å²) in [6, 6.07) is 14.4. The molecule has 0 bridgehead atoms. The van der Waals surface area contributed by atoms with Gasteiger partial charge in [-0.3, -0.25) is 0 Å². The van der Waals surface area contributed by atoms with Gasteiger partial charge < -0.3 is 20.1 Å². The SMILES string of the molecule is CCNC(=NCc1ccc(S(C)(=O)=O)cc1)Nc1cccc(OCCCOC)c1. The van der Waals surface area contributed by atoms with Crippen molar-refractivity contribution in [1.29, 1.82) is 0 Å². The smallest absolute Gasteiger partial charge is 0.196 e. The summed E-state index contributed by atoms with van der Waals surface area (Å²) in [6.45, 7) is 4.39. The molecule has 2 rings (SSSR count). The van der Waals surface area contributed by atoms with E-state index >= 15 is 0 Å². The lowest BCUT2D eigenvalue weighted by atomic mass is 10.2. The number of nitrogens with zero attached hydrogens (tertiary/aromatic N) is 1. The van der Waals surface area contributed by atoms with Gasteiger partial charge in [-0.15, -0.1) is 0 Å². The number of aliphatic imine (C=N–C) groups is 1. The Labute approximate surface area is 173 Å². The minimum absolute atomic E-state index is 0.303. The second-order valence-electron chi connectivity index (χ2n) is 6.46. The van der Waals surface area contributed by atoms with Crippen LogP contribution in [0.4, 0.5) is 5.69 Å². The summed E-state index contributed by atoms with van der Waals surface area (Å²) in [6.07, 6.45) is 2.03. The fourth-order valence-corrected chi connectivity index (χ4v) is 3.14. The summed E-state index contributed by atoms with van der Waals surface area (Å²) < 4.78 is 33.9. The minimum atomic E-state index is -3.19. The van der Waals surface area contributed by atoms with Crippen LogP contribution in [0.25, 0.3) is 0 Å². The summed E-state index contributed by atoms with van der Waals surface area (Å²) in [5.74, 6) is 1.41. The average molecular weight is 420 g/mol. The third kappa shape index (κ3) is 8.13. The third-order valence-corrected chi connectivity index (χ3v) is 5.10. The van der Waals surface area contributed by atoms with Crippen LogP contribution < -0.4 is 15.4 Å². The molecule has 0 heterocycles. The fraction of sp³-hybridized carbons (Fsp3) is 0.381. The first kappa shape index (κ1) is 22.7. The van der Waals surface area contributed by atoms with Crippen molar-refractivity contribution < 1.29 is 17.9 Å². The average Bonchev–Trinajstić information content (AvgIpc) is 2.70. The van der Waals surface area contributed by atoms with Gasteiger partial charge in [-0.25, -0.2) is 13.4 Å². The molecule has 0 radical (unpaired) electrons. The van der Waals surface area contributed by atoms with Gasteiger partial charge in [0.2, 0.25) is 0 Å². The maximum atomic E-state index is 11.6. The molecule has 0 aliphatic carbocycles. The van der Waals surface area contributed by atoms with E-state index in [1.165, 1.54) is 6.26 Å². The number of guanidine groups is 1. The highest BCUT2D eigenvalue weighted by molar-refractivity contribution is 7.90. The van der Waals surface area contributed by atoms with E-state index in [1.54, 1.807) is 31.4 Å². The van der Waals surface area contributed by atoms with Gasteiger partial charge in [0.1, 0.15) is 5.75 Å². The van der Waals surface area contributed by atoms with Crippen molar-refractivity contribution in [2.45, 2.75) is 24.8 Å². The molecule has 0 saturated carbocycles. The first-order valence-corrected chi connectivity index (χ1v) is 11.4. The van der Waals surface area contributed by atoms with Crippen LogP contribution >= 0.6 is 0 Å². The van der Waals surface area contributed by atoms with Gasteiger partial charge in [0.15, 0.2) is 15.8 Å². The number of methoxy groups -OCH3 is 1. The maximum Gasteiger partial charge on any atom is 0.196 e. The van der Waals surface area contributed by atoms with Crippen LogP contribution in [0.15, 0.2) is 58.4 Å². The zero-order valence-electron chi connectivity index (χ0n) is 17.1. The molecule has 8 heteroatoms. The van der Waals surface area contributed by atoms with E-state index in [0.717, 1.165) is 23.4 Å². The molecule has 0 fully saturated rings. The lowest BCUT2D eigenvalue weighted by Gasteiger charge is -2.13. The number of hydrogen-bond acceptors (Lipinski definition) is 5. The monoisotopic (exact) mass is 419 g/mol. The van der Waals surface area contributed by atoms with Crippen molar-refractivity contribution in [2.75, 3.05) is 38.4 Å². The molecule has 158 valence electrons. The van der Waals surface area contributed by atoms with E-state index in [4.69, 9.17) is 9.47 Å². The molecule has 2 aromatic rings. The van der Waals surface area contributed by atoms with Crippen molar-refractivity contribution in [3.05, 3.63) is 54.1 Å². The Morgan fingerprint density at radius 3 is 2.52 bits per heavy atom. The van der Waals surface area contributed by atoms with Crippen molar-refractivity contribution in [1.82, 2.24) is 5.32 Å². The molecule has 0 unspecified atom stereocenters. The van der Waals surface area contributed by atoms with Crippen LogP contribution in [-0.2, 0) is 21.1 Å². The number of rotatable bonds is 10. The molecule has 0 aromatic heterocycles. The normalized spacial score (nSPS) is 11.9. The predicted octanol–water partition coefficient (Wildman–Crippen LogP) is 3.08. The number of hydrogen-bond donors (Lipinski definition) is 2. The molecule has 0 atom stereocenters. The van der Waals surface area contributed by atoms with Gasteiger partial charge in [0, 0.05) is 44.7 Å². The lowest BCUT2D eigenvalue weighted by Crippen LogP contribution is -2.30. The second kappa shape index (κ2) is 11.4. The van der Waals surface area contributed by atoms with Crippen LogP contribution in [0.1, 0.15) is 18.9 Å². The lowest BCUT2D eigenvalue weighted by molar-refractivity contribution is 0.172. The van der Waals surface area contributed by atoms with Gasteiger partial charge in [0.05, 0.1) is 18.0 Å². The minimum Gasteiger partial charge on any atom is -0.493 e. The molecule has 0 spiro atoms. The van der Waals surface area contributed by atoms with Crippen molar-refractivity contribution in [3.8, 4) is 5.75 Å². The van der Waals surface area contributed by atoms with E-state index in [9.17, 15) is 8.42 Å². The molecule has 2 aromatic carbocycles. The van der Waals surface area contributed by atoms with Gasteiger partial charge in [0.25, 0.3) is 0 Å². The zero-order chi connectivity index (χ0) is 21.1. The number of ether oxygens (including phenoxy) is 2. The highest BCUT2D eigenvalue weighted by Crippen LogP contribution is 2.18. The Hall–Kier alpha value is -2.58. The maximum absolute atomic E-state index is 11.6. The molecule has 0 saturated heterocycles. The van der Waals surface area contributed by atoms with Crippen LogP contribution in [0, 0.1) is 0 Å². The highest BCUT2D eigenvalue weighted by atomic mass is 32.2. The molecule has 2 N–H and O–H groups in total. The largest absolute Gasteiger partial charge is 0.493 e. The van der Waals surface area contributed by atoms with Crippen molar-refractivity contribution >= 4 is 21.5 Å². The first-order chi connectivity index (χ1) is 13.9. The quantitative estimate of drug-likeness (QED) is 0.350. The molecular weight excluding hydrogens is 390 g/mol. The Morgan fingerprint density at radius 1 is 1.10 bits per heavy atom. The second-order valence-corrected chi connectivity index (χ2v) is 8.47. The summed E-state index contributed by atoms with van der Waals surface area (Å²) in [7, 11) is -1.52. The summed E-state index contributed by atoms with van der Waals surface area (Å²) in [5, 5.41) is 6.47. The summed E-state index contributed by atoms with van der Waals surface area (Å²) in [4.78, 5) is 4.88. The fourth-order valence-electron chi connectivity index (χ4n) is 2.51. The molecule has 7 nitrogen and oxygen atoms in total. The van der Waals surface area contributed by atoms with Crippen LogP contribution in [0.2, 0.25) is 0 Å².